The topological polar surface area (TPSA) is 76.8 Å². The highest BCUT2D eigenvalue weighted by Gasteiger charge is 2.30. The van der Waals surface area contributed by atoms with Crippen molar-refractivity contribution in [1.29, 1.82) is 0 Å². The number of carbonyl (C=O) groups excluding carboxylic acids is 1. The molecule has 0 spiro atoms. The Morgan fingerprint density at radius 1 is 1.52 bits per heavy atom. The van der Waals surface area contributed by atoms with Gasteiger partial charge in [0.2, 0.25) is 0 Å². The van der Waals surface area contributed by atoms with Gasteiger partial charge in [-0.15, -0.1) is 0 Å². The summed E-state index contributed by atoms with van der Waals surface area (Å²) in [5.74, 6) is 0. The van der Waals surface area contributed by atoms with Crippen molar-refractivity contribution in [3.05, 3.63) is 0 Å². The molecule has 0 radical (unpaired) electrons. The normalized spacial score (nSPS) is 23.4. The highest BCUT2D eigenvalue weighted by molar-refractivity contribution is 5.68. The molecule has 6 nitrogen and oxygen atoms in total. The van der Waals surface area contributed by atoms with Crippen molar-refractivity contribution in [2.45, 2.75) is 64.8 Å². The maximum absolute atomic E-state index is 11.9. The first-order valence-electron chi connectivity index (χ1n) is 7.82. The number of nitrogens with zero attached hydrogens (tertiary/aromatic N) is 1. The highest BCUT2D eigenvalue weighted by Crippen LogP contribution is 2.14. The maximum Gasteiger partial charge on any atom is 0.407 e. The highest BCUT2D eigenvalue weighted by atomic mass is 16.6. The molecule has 1 fully saturated rings. The fraction of sp³-hybridized carbons (Fsp3) is 0.933. The van der Waals surface area contributed by atoms with Gasteiger partial charge >= 0.3 is 6.09 Å². The van der Waals surface area contributed by atoms with E-state index >= 15 is 0 Å². The molecule has 0 aromatic heterocycles. The maximum atomic E-state index is 11.9. The minimum atomic E-state index is -0.492. The summed E-state index contributed by atoms with van der Waals surface area (Å²) in [6.07, 6.45) is 0.845. The lowest BCUT2D eigenvalue weighted by Gasteiger charge is -2.40. The van der Waals surface area contributed by atoms with E-state index in [4.69, 9.17) is 15.2 Å². The summed E-state index contributed by atoms with van der Waals surface area (Å²) in [6, 6.07) is 0.0240. The van der Waals surface area contributed by atoms with Gasteiger partial charge in [0.05, 0.1) is 12.7 Å². The van der Waals surface area contributed by atoms with Gasteiger partial charge in [-0.05, 0) is 34.1 Å². The standard InChI is InChI=1S/C15H31N3O3/c1-6-12-10-18(7-8-20-12)13(9-16)11(2)17-14(19)21-15(3,4)5/h11-13H,6-10,16H2,1-5H3,(H,17,19). The second-order valence-corrected chi connectivity index (χ2v) is 6.63. The Bertz CT molecular complexity index is 331. The van der Waals surface area contributed by atoms with Crippen LogP contribution in [0.25, 0.3) is 0 Å². The quantitative estimate of drug-likeness (QED) is 0.801. The predicted octanol–water partition coefficient (Wildman–Crippen LogP) is 1.34. The number of carbonyl (C=O) groups is 1. The van der Waals surface area contributed by atoms with E-state index in [1.54, 1.807) is 0 Å². The van der Waals surface area contributed by atoms with E-state index in [9.17, 15) is 4.79 Å². The molecule has 1 rings (SSSR count). The average molecular weight is 301 g/mol. The zero-order valence-corrected chi connectivity index (χ0v) is 14.0. The van der Waals surface area contributed by atoms with Crippen LogP contribution in [-0.4, -0.2) is 61.0 Å². The van der Waals surface area contributed by atoms with Crippen LogP contribution in [0.4, 0.5) is 4.79 Å². The van der Waals surface area contributed by atoms with Crippen LogP contribution in [0, 0.1) is 0 Å². The molecule has 1 heterocycles. The molecule has 124 valence electrons. The molecule has 21 heavy (non-hydrogen) atoms. The first kappa shape index (κ1) is 18.2. The van der Waals surface area contributed by atoms with Crippen molar-refractivity contribution >= 4 is 6.09 Å². The van der Waals surface area contributed by atoms with Crippen LogP contribution in [0.1, 0.15) is 41.0 Å². The smallest absolute Gasteiger partial charge is 0.407 e. The Morgan fingerprint density at radius 2 is 2.19 bits per heavy atom. The number of rotatable bonds is 5. The molecule has 6 heteroatoms. The first-order chi connectivity index (χ1) is 9.76. The molecular formula is C15H31N3O3. The van der Waals surface area contributed by atoms with Gasteiger partial charge in [0.15, 0.2) is 0 Å². The van der Waals surface area contributed by atoms with E-state index in [0.29, 0.717) is 13.2 Å². The zero-order valence-electron chi connectivity index (χ0n) is 14.0. The van der Waals surface area contributed by atoms with Crippen molar-refractivity contribution in [2.24, 2.45) is 5.73 Å². The molecule has 0 aromatic carbocycles. The Hall–Kier alpha value is -0.850. The lowest BCUT2D eigenvalue weighted by molar-refractivity contribution is -0.0475. The van der Waals surface area contributed by atoms with Gasteiger partial charge in [-0.2, -0.15) is 0 Å². The van der Waals surface area contributed by atoms with Crippen molar-refractivity contribution in [3.8, 4) is 0 Å². The molecule has 0 bridgehead atoms. The van der Waals surface area contributed by atoms with E-state index in [2.05, 4.69) is 17.1 Å². The molecule has 1 aliphatic heterocycles. The van der Waals surface area contributed by atoms with Gasteiger partial charge in [-0.1, -0.05) is 6.92 Å². The van der Waals surface area contributed by atoms with Gasteiger partial charge in [0, 0.05) is 31.7 Å². The molecule has 0 aromatic rings. The van der Waals surface area contributed by atoms with Crippen LogP contribution in [0.5, 0.6) is 0 Å². The van der Waals surface area contributed by atoms with Crippen LogP contribution < -0.4 is 11.1 Å². The molecular weight excluding hydrogens is 270 g/mol. The summed E-state index contributed by atoms with van der Waals surface area (Å²) >= 11 is 0. The van der Waals surface area contributed by atoms with Crippen molar-refractivity contribution in [1.82, 2.24) is 10.2 Å². The summed E-state index contributed by atoms with van der Waals surface area (Å²) in [6.45, 7) is 12.6. The minimum absolute atomic E-state index is 0.0690. The molecule has 1 saturated heterocycles. The fourth-order valence-corrected chi connectivity index (χ4v) is 2.55. The number of alkyl carbamates (subject to hydrolysis) is 1. The van der Waals surface area contributed by atoms with Gasteiger partial charge in [-0.25, -0.2) is 4.79 Å². The van der Waals surface area contributed by atoms with E-state index in [1.165, 1.54) is 0 Å². The van der Waals surface area contributed by atoms with Crippen LogP contribution >= 0.6 is 0 Å². The second-order valence-electron chi connectivity index (χ2n) is 6.63. The van der Waals surface area contributed by atoms with Gasteiger partial charge < -0.3 is 20.5 Å². The number of ether oxygens (including phenoxy) is 2. The second kappa shape index (κ2) is 7.96. The Balaban J connectivity index is 2.56. The van der Waals surface area contributed by atoms with Crippen LogP contribution in [0.2, 0.25) is 0 Å². The van der Waals surface area contributed by atoms with Crippen molar-refractivity contribution in [2.75, 3.05) is 26.2 Å². The van der Waals surface area contributed by atoms with Crippen molar-refractivity contribution in [3.63, 3.8) is 0 Å². The van der Waals surface area contributed by atoms with E-state index < -0.39 is 11.7 Å². The number of hydrogen-bond acceptors (Lipinski definition) is 5. The van der Waals surface area contributed by atoms with Crippen LogP contribution in [0.3, 0.4) is 0 Å². The van der Waals surface area contributed by atoms with Gasteiger partial charge in [-0.3, -0.25) is 4.90 Å². The number of amides is 1. The Morgan fingerprint density at radius 3 is 2.71 bits per heavy atom. The van der Waals surface area contributed by atoms with Crippen LogP contribution in [0.15, 0.2) is 0 Å². The molecule has 1 aliphatic rings. The molecule has 0 saturated carbocycles. The Kier molecular flexibility index (Phi) is 6.90. The first-order valence-corrected chi connectivity index (χ1v) is 7.82. The van der Waals surface area contributed by atoms with E-state index in [0.717, 1.165) is 19.5 Å². The SMILES string of the molecule is CCC1CN(C(CN)C(C)NC(=O)OC(C)(C)C)CCO1. The molecule has 1 amide bonds. The lowest BCUT2D eigenvalue weighted by atomic mass is 10.1. The van der Waals surface area contributed by atoms with E-state index in [-0.39, 0.29) is 18.2 Å². The number of nitrogens with one attached hydrogen (secondary N) is 1. The third kappa shape index (κ3) is 6.20. The van der Waals surface area contributed by atoms with Gasteiger partial charge in [0.25, 0.3) is 0 Å². The largest absolute Gasteiger partial charge is 0.444 e. The summed E-state index contributed by atoms with van der Waals surface area (Å²) in [5, 5.41) is 2.89. The summed E-state index contributed by atoms with van der Waals surface area (Å²) in [5.41, 5.74) is 5.43. The van der Waals surface area contributed by atoms with Gasteiger partial charge in [0.1, 0.15) is 5.60 Å². The third-order valence-corrected chi connectivity index (χ3v) is 3.66. The summed E-state index contributed by atoms with van der Waals surface area (Å²) in [4.78, 5) is 14.2. The third-order valence-electron chi connectivity index (χ3n) is 3.66. The fourth-order valence-electron chi connectivity index (χ4n) is 2.55. The molecule has 0 aliphatic carbocycles. The zero-order chi connectivity index (χ0) is 16.0. The molecule has 3 N–H and O–H groups in total. The minimum Gasteiger partial charge on any atom is -0.444 e. The number of hydrogen-bond donors (Lipinski definition) is 2. The lowest BCUT2D eigenvalue weighted by Crippen LogP contribution is -2.58. The predicted molar refractivity (Wildman–Crippen MR) is 83.3 cm³/mol. The summed E-state index contributed by atoms with van der Waals surface area (Å²) < 4.78 is 11.0. The molecule has 3 atom stereocenters. The summed E-state index contributed by atoms with van der Waals surface area (Å²) in [7, 11) is 0. The van der Waals surface area contributed by atoms with Crippen LogP contribution in [-0.2, 0) is 9.47 Å². The average Bonchev–Trinajstić information content (AvgIpc) is 2.37. The Labute approximate surface area is 128 Å². The van der Waals surface area contributed by atoms with Crippen molar-refractivity contribution < 1.29 is 14.3 Å². The number of nitrogens with two attached hydrogens (primary N) is 1. The van der Waals surface area contributed by atoms with E-state index in [1.807, 2.05) is 27.7 Å². The number of morpholine rings is 1. The molecule has 3 unspecified atom stereocenters. The monoisotopic (exact) mass is 301 g/mol.